The summed E-state index contributed by atoms with van der Waals surface area (Å²) >= 11 is 0. The average molecular weight is 255 g/mol. The zero-order valence-corrected chi connectivity index (χ0v) is 11.2. The second-order valence-electron chi connectivity index (χ2n) is 5.13. The lowest BCUT2D eigenvalue weighted by Crippen LogP contribution is -2.25. The monoisotopic (exact) mass is 255 g/mol. The molecule has 4 nitrogen and oxygen atoms in total. The van der Waals surface area contributed by atoms with Crippen molar-refractivity contribution < 1.29 is 4.79 Å². The Morgan fingerprint density at radius 1 is 1.26 bits per heavy atom. The quantitative estimate of drug-likeness (QED) is 0.885. The molecule has 0 saturated heterocycles. The molecular weight excluding hydrogens is 238 g/mol. The predicted molar refractivity (Wildman–Crippen MR) is 74.0 cm³/mol. The van der Waals surface area contributed by atoms with Crippen LogP contribution < -0.4 is 5.32 Å². The topological polar surface area (TPSA) is 57.8 Å². The molecule has 98 valence electrons. The van der Waals surface area contributed by atoms with E-state index in [1.54, 1.807) is 0 Å². The second-order valence-corrected chi connectivity index (χ2v) is 5.13. The van der Waals surface area contributed by atoms with Crippen molar-refractivity contribution in [3.8, 4) is 11.1 Å². The van der Waals surface area contributed by atoms with Crippen LogP contribution in [0.2, 0.25) is 0 Å². The molecule has 1 aliphatic rings. The van der Waals surface area contributed by atoms with Crippen molar-refractivity contribution in [3.05, 3.63) is 41.2 Å². The van der Waals surface area contributed by atoms with Crippen molar-refractivity contribution in [1.82, 2.24) is 15.5 Å². The van der Waals surface area contributed by atoms with Gasteiger partial charge in [0.1, 0.15) is 0 Å². The first-order chi connectivity index (χ1) is 9.15. The smallest absolute Gasteiger partial charge is 0.251 e. The number of benzene rings is 1. The van der Waals surface area contributed by atoms with Crippen molar-refractivity contribution >= 4 is 5.91 Å². The Balaban J connectivity index is 1.84. The molecular formula is C15H17N3O. The third kappa shape index (κ3) is 2.38. The molecule has 0 radical (unpaired) electrons. The third-order valence-corrected chi connectivity index (χ3v) is 3.48. The second kappa shape index (κ2) is 4.53. The first-order valence-corrected chi connectivity index (χ1v) is 6.58. The molecule has 3 rings (SSSR count). The number of aromatic amines is 1. The van der Waals surface area contributed by atoms with Crippen LogP contribution in [0, 0.1) is 13.8 Å². The van der Waals surface area contributed by atoms with Gasteiger partial charge < -0.3 is 5.32 Å². The Kier molecular flexibility index (Phi) is 2.85. The molecule has 0 bridgehead atoms. The Morgan fingerprint density at radius 2 is 1.95 bits per heavy atom. The van der Waals surface area contributed by atoms with Crippen LogP contribution in [0.25, 0.3) is 11.1 Å². The van der Waals surface area contributed by atoms with E-state index in [-0.39, 0.29) is 5.91 Å². The van der Waals surface area contributed by atoms with E-state index < -0.39 is 0 Å². The van der Waals surface area contributed by atoms with E-state index in [0.717, 1.165) is 40.9 Å². The first kappa shape index (κ1) is 12.0. The molecule has 1 aromatic heterocycles. The maximum absolute atomic E-state index is 11.9. The lowest BCUT2D eigenvalue weighted by molar-refractivity contribution is 0.0951. The number of H-pyrrole nitrogens is 1. The van der Waals surface area contributed by atoms with E-state index in [4.69, 9.17) is 0 Å². The van der Waals surface area contributed by atoms with Crippen LogP contribution in [0.1, 0.15) is 34.6 Å². The fraction of sp³-hybridized carbons (Fsp3) is 0.333. The van der Waals surface area contributed by atoms with Gasteiger partial charge in [0.15, 0.2) is 0 Å². The number of nitrogens with zero attached hydrogens (tertiary/aromatic N) is 1. The first-order valence-electron chi connectivity index (χ1n) is 6.58. The van der Waals surface area contributed by atoms with Gasteiger partial charge in [0.25, 0.3) is 5.91 Å². The molecule has 1 amide bonds. The van der Waals surface area contributed by atoms with Gasteiger partial charge in [-0.15, -0.1) is 0 Å². The van der Waals surface area contributed by atoms with E-state index in [9.17, 15) is 4.79 Å². The van der Waals surface area contributed by atoms with Crippen molar-refractivity contribution in [1.29, 1.82) is 0 Å². The molecule has 0 aliphatic heterocycles. The summed E-state index contributed by atoms with van der Waals surface area (Å²) in [4.78, 5) is 11.9. The van der Waals surface area contributed by atoms with Gasteiger partial charge in [-0.3, -0.25) is 9.89 Å². The van der Waals surface area contributed by atoms with Gasteiger partial charge >= 0.3 is 0 Å². The van der Waals surface area contributed by atoms with Gasteiger partial charge in [-0.1, -0.05) is 12.1 Å². The van der Waals surface area contributed by atoms with E-state index in [1.165, 1.54) is 0 Å². The van der Waals surface area contributed by atoms with E-state index in [2.05, 4.69) is 15.5 Å². The Labute approximate surface area is 112 Å². The summed E-state index contributed by atoms with van der Waals surface area (Å²) in [5.41, 5.74) is 4.95. The number of aryl methyl sites for hydroxylation is 2. The van der Waals surface area contributed by atoms with E-state index >= 15 is 0 Å². The van der Waals surface area contributed by atoms with Crippen molar-refractivity contribution in [2.24, 2.45) is 0 Å². The summed E-state index contributed by atoms with van der Waals surface area (Å²) in [7, 11) is 0. The predicted octanol–water partition coefficient (Wildman–Crippen LogP) is 2.59. The standard InChI is InChI=1S/C15H17N3O/c1-9-14(10(2)18-17-9)11-3-5-12(6-4-11)15(19)16-13-7-8-13/h3-6,13H,7-8H2,1-2H3,(H,16,19)(H,17,18). The van der Waals surface area contributed by atoms with Crippen LogP contribution in [0.4, 0.5) is 0 Å². The van der Waals surface area contributed by atoms with Gasteiger partial charge in [-0.2, -0.15) is 5.10 Å². The normalized spacial score (nSPS) is 14.4. The molecule has 1 aliphatic carbocycles. The number of hydrogen-bond acceptors (Lipinski definition) is 2. The van der Waals surface area contributed by atoms with Crippen LogP contribution >= 0.6 is 0 Å². The van der Waals surface area contributed by atoms with Gasteiger partial charge in [-0.25, -0.2) is 0 Å². The Bertz CT molecular complexity index is 589. The highest BCUT2D eigenvalue weighted by Crippen LogP contribution is 2.25. The SMILES string of the molecule is Cc1n[nH]c(C)c1-c1ccc(C(=O)NC2CC2)cc1. The number of carbonyl (C=O) groups is 1. The molecule has 2 aromatic rings. The molecule has 0 atom stereocenters. The lowest BCUT2D eigenvalue weighted by Gasteiger charge is -2.05. The minimum atomic E-state index is 0.0229. The fourth-order valence-corrected chi connectivity index (χ4v) is 2.26. The molecule has 1 saturated carbocycles. The molecule has 1 aromatic carbocycles. The zero-order valence-electron chi connectivity index (χ0n) is 11.2. The van der Waals surface area contributed by atoms with Gasteiger partial charge in [0.2, 0.25) is 0 Å². The largest absolute Gasteiger partial charge is 0.349 e. The molecule has 0 unspecified atom stereocenters. The molecule has 19 heavy (non-hydrogen) atoms. The highest BCUT2D eigenvalue weighted by atomic mass is 16.1. The van der Waals surface area contributed by atoms with Crippen molar-refractivity contribution in [2.45, 2.75) is 32.7 Å². The maximum atomic E-state index is 11.9. The van der Waals surface area contributed by atoms with Crippen LogP contribution in [0.3, 0.4) is 0 Å². The molecule has 0 spiro atoms. The minimum Gasteiger partial charge on any atom is -0.349 e. The van der Waals surface area contributed by atoms with E-state index in [0.29, 0.717) is 6.04 Å². The van der Waals surface area contributed by atoms with Crippen molar-refractivity contribution in [3.63, 3.8) is 0 Å². The van der Waals surface area contributed by atoms with Crippen molar-refractivity contribution in [2.75, 3.05) is 0 Å². The summed E-state index contributed by atoms with van der Waals surface area (Å²) in [6, 6.07) is 8.10. The highest BCUT2D eigenvalue weighted by molar-refractivity contribution is 5.95. The molecule has 2 N–H and O–H groups in total. The Hall–Kier alpha value is -2.10. The third-order valence-electron chi connectivity index (χ3n) is 3.48. The molecule has 1 fully saturated rings. The van der Waals surface area contributed by atoms with Gasteiger partial charge in [0, 0.05) is 22.9 Å². The minimum absolute atomic E-state index is 0.0229. The Morgan fingerprint density at radius 3 is 2.47 bits per heavy atom. The summed E-state index contributed by atoms with van der Waals surface area (Å²) in [5.74, 6) is 0.0229. The van der Waals surface area contributed by atoms with Crippen LogP contribution in [-0.2, 0) is 0 Å². The lowest BCUT2D eigenvalue weighted by atomic mass is 10.0. The van der Waals surface area contributed by atoms with Crippen LogP contribution in [0.5, 0.6) is 0 Å². The number of hydrogen-bond donors (Lipinski definition) is 2. The number of amides is 1. The number of aromatic nitrogens is 2. The number of rotatable bonds is 3. The molecule has 4 heteroatoms. The van der Waals surface area contributed by atoms with Gasteiger partial charge in [-0.05, 0) is 44.4 Å². The maximum Gasteiger partial charge on any atom is 0.251 e. The summed E-state index contributed by atoms with van der Waals surface area (Å²) in [6.07, 6.45) is 2.22. The van der Waals surface area contributed by atoms with Gasteiger partial charge in [0.05, 0.1) is 5.69 Å². The highest BCUT2D eigenvalue weighted by Gasteiger charge is 2.23. The van der Waals surface area contributed by atoms with Crippen LogP contribution in [0.15, 0.2) is 24.3 Å². The molecule has 1 heterocycles. The summed E-state index contributed by atoms with van der Waals surface area (Å²) < 4.78 is 0. The zero-order chi connectivity index (χ0) is 13.4. The summed E-state index contributed by atoms with van der Waals surface area (Å²) in [5, 5.41) is 10.2. The van der Waals surface area contributed by atoms with E-state index in [1.807, 2.05) is 38.1 Å². The van der Waals surface area contributed by atoms with Crippen LogP contribution in [-0.4, -0.2) is 22.1 Å². The summed E-state index contributed by atoms with van der Waals surface area (Å²) in [6.45, 7) is 3.98. The number of carbonyl (C=O) groups excluding carboxylic acids is 1. The average Bonchev–Trinajstić information content (AvgIpc) is 3.15. The fourth-order valence-electron chi connectivity index (χ4n) is 2.26. The number of nitrogens with one attached hydrogen (secondary N) is 2.